The summed E-state index contributed by atoms with van der Waals surface area (Å²) in [5.41, 5.74) is 0.882. The van der Waals surface area contributed by atoms with Crippen LogP contribution in [0.25, 0.3) is 0 Å². The van der Waals surface area contributed by atoms with Crippen molar-refractivity contribution in [2.75, 3.05) is 6.61 Å². The molecule has 1 atom stereocenters. The number of hydrogen-bond acceptors (Lipinski definition) is 3. The average Bonchev–Trinajstić information content (AvgIpc) is 2.91. The van der Waals surface area contributed by atoms with Crippen LogP contribution in [-0.2, 0) is 6.54 Å². The fourth-order valence-electron chi connectivity index (χ4n) is 1.84. The molecule has 0 radical (unpaired) electrons. The Balaban J connectivity index is 1.98. The minimum absolute atomic E-state index is 0.0373. The summed E-state index contributed by atoms with van der Waals surface area (Å²) in [6.45, 7) is 4.89. The SMILES string of the molecule is CCOc1ccc([C@H](C)NCc2ccco2)cc1F. The summed E-state index contributed by atoms with van der Waals surface area (Å²) in [7, 11) is 0. The van der Waals surface area contributed by atoms with Gasteiger partial charge in [-0.1, -0.05) is 6.07 Å². The number of nitrogens with one attached hydrogen (secondary N) is 1. The van der Waals surface area contributed by atoms with Gasteiger partial charge in [-0.05, 0) is 43.7 Å². The molecule has 0 aliphatic rings. The van der Waals surface area contributed by atoms with Crippen molar-refractivity contribution in [2.24, 2.45) is 0 Å². The number of benzene rings is 1. The maximum absolute atomic E-state index is 13.7. The van der Waals surface area contributed by atoms with Gasteiger partial charge in [-0.2, -0.15) is 0 Å². The van der Waals surface area contributed by atoms with Crippen LogP contribution in [0.15, 0.2) is 41.0 Å². The van der Waals surface area contributed by atoms with Crippen LogP contribution in [0.5, 0.6) is 5.75 Å². The molecule has 0 spiro atoms. The Kier molecular flexibility index (Phi) is 4.58. The number of hydrogen-bond donors (Lipinski definition) is 1. The molecule has 19 heavy (non-hydrogen) atoms. The van der Waals surface area contributed by atoms with Crippen molar-refractivity contribution in [1.29, 1.82) is 0 Å². The largest absolute Gasteiger partial charge is 0.491 e. The molecule has 0 aliphatic carbocycles. The smallest absolute Gasteiger partial charge is 0.165 e. The van der Waals surface area contributed by atoms with Crippen molar-refractivity contribution in [3.63, 3.8) is 0 Å². The molecule has 0 saturated heterocycles. The quantitative estimate of drug-likeness (QED) is 0.863. The lowest BCUT2D eigenvalue weighted by Gasteiger charge is -2.14. The summed E-state index contributed by atoms with van der Waals surface area (Å²) < 4.78 is 24.2. The van der Waals surface area contributed by atoms with E-state index in [4.69, 9.17) is 9.15 Å². The molecule has 0 fully saturated rings. The zero-order valence-corrected chi connectivity index (χ0v) is 11.2. The lowest BCUT2D eigenvalue weighted by atomic mass is 10.1. The van der Waals surface area contributed by atoms with Crippen molar-refractivity contribution < 1.29 is 13.5 Å². The second-order valence-electron chi connectivity index (χ2n) is 4.30. The first kappa shape index (κ1) is 13.6. The number of furan rings is 1. The van der Waals surface area contributed by atoms with Crippen LogP contribution < -0.4 is 10.1 Å². The van der Waals surface area contributed by atoms with Crippen molar-refractivity contribution in [3.8, 4) is 5.75 Å². The van der Waals surface area contributed by atoms with Gasteiger partial charge in [-0.3, -0.25) is 0 Å². The normalized spacial score (nSPS) is 12.4. The van der Waals surface area contributed by atoms with Gasteiger partial charge in [0.15, 0.2) is 11.6 Å². The van der Waals surface area contributed by atoms with Crippen molar-refractivity contribution in [2.45, 2.75) is 26.4 Å². The standard InChI is InChI=1S/C15H18FNO2/c1-3-18-15-7-6-12(9-14(15)16)11(2)17-10-13-5-4-8-19-13/h4-9,11,17H,3,10H2,1-2H3/t11-/m0/s1. The Labute approximate surface area is 112 Å². The molecule has 1 aromatic heterocycles. The zero-order chi connectivity index (χ0) is 13.7. The number of rotatable bonds is 6. The van der Waals surface area contributed by atoms with Gasteiger partial charge in [0, 0.05) is 6.04 Å². The molecule has 102 valence electrons. The molecule has 0 unspecified atom stereocenters. The van der Waals surface area contributed by atoms with Crippen LogP contribution in [-0.4, -0.2) is 6.61 Å². The van der Waals surface area contributed by atoms with E-state index >= 15 is 0 Å². The molecule has 0 saturated carbocycles. The Morgan fingerprint density at radius 3 is 2.84 bits per heavy atom. The predicted molar refractivity (Wildman–Crippen MR) is 71.5 cm³/mol. The zero-order valence-electron chi connectivity index (χ0n) is 11.2. The van der Waals surface area contributed by atoms with E-state index in [2.05, 4.69) is 5.32 Å². The second kappa shape index (κ2) is 6.38. The Bertz CT molecular complexity index is 511. The van der Waals surface area contributed by atoms with Crippen molar-refractivity contribution in [1.82, 2.24) is 5.32 Å². The Morgan fingerprint density at radius 1 is 1.37 bits per heavy atom. The first-order chi connectivity index (χ1) is 9.20. The first-order valence-electron chi connectivity index (χ1n) is 6.38. The van der Waals surface area contributed by atoms with Gasteiger partial charge in [0.1, 0.15) is 5.76 Å². The van der Waals surface area contributed by atoms with Gasteiger partial charge in [0.2, 0.25) is 0 Å². The summed E-state index contributed by atoms with van der Waals surface area (Å²) in [5, 5.41) is 3.28. The lowest BCUT2D eigenvalue weighted by molar-refractivity contribution is 0.321. The van der Waals surface area contributed by atoms with Crippen LogP contribution in [0.1, 0.15) is 31.2 Å². The molecule has 1 aromatic carbocycles. The highest BCUT2D eigenvalue weighted by Crippen LogP contribution is 2.22. The van der Waals surface area contributed by atoms with Gasteiger partial charge < -0.3 is 14.5 Å². The van der Waals surface area contributed by atoms with E-state index in [9.17, 15) is 4.39 Å². The fourth-order valence-corrected chi connectivity index (χ4v) is 1.84. The fraction of sp³-hybridized carbons (Fsp3) is 0.333. The summed E-state index contributed by atoms with van der Waals surface area (Å²) in [6.07, 6.45) is 1.64. The van der Waals surface area contributed by atoms with Gasteiger partial charge in [-0.25, -0.2) is 4.39 Å². The molecule has 3 nitrogen and oxygen atoms in total. The van der Waals surface area contributed by atoms with E-state index in [0.717, 1.165) is 11.3 Å². The van der Waals surface area contributed by atoms with Crippen LogP contribution in [0.4, 0.5) is 4.39 Å². The molecule has 0 bridgehead atoms. The maximum Gasteiger partial charge on any atom is 0.165 e. The average molecular weight is 263 g/mol. The molecule has 1 heterocycles. The van der Waals surface area contributed by atoms with Gasteiger partial charge in [0.25, 0.3) is 0 Å². The van der Waals surface area contributed by atoms with Crippen molar-refractivity contribution >= 4 is 0 Å². The predicted octanol–water partition coefficient (Wildman–Crippen LogP) is 3.67. The minimum atomic E-state index is -0.328. The third kappa shape index (κ3) is 3.58. The maximum atomic E-state index is 13.7. The van der Waals surface area contributed by atoms with Crippen LogP contribution in [0.3, 0.4) is 0 Å². The highest BCUT2D eigenvalue weighted by molar-refractivity contribution is 5.30. The molecular formula is C15H18FNO2. The summed E-state index contributed by atoms with van der Waals surface area (Å²) >= 11 is 0. The van der Waals surface area contributed by atoms with E-state index in [1.807, 2.05) is 32.0 Å². The first-order valence-corrected chi connectivity index (χ1v) is 6.38. The van der Waals surface area contributed by atoms with E-state index in [-0.39, 0.29) is 11.9 Å². The van der Waals surface area contributed by atoms with Gasteiger partial charge in [0.05, 0.1) is 19.4 Å². The Morgan fingerprint density at radius 2 is 2.21 bits per heavy atom. The molecule has 0 amide bonds. The van der Waals surface area contributed by atoms with Crippen LogP contribution in [0, 0.1) is 5.82 Å². The molecule has 2 rings (SSSR count). The molecular weight excluding hydrogens is 245 g/mol. The lowest BCUT2D eigenvalue weighted by Crippen LogP contribution is -2.17. The summed E-state index contributed by atoms with van der Waals surface area (Å²) in [6, 6.07) is 8.82. The van der Waals surface area contributed by atoms with E-state index in [1.54, 1.807) is 12.3 Å². The number of halogens is 1. The molecule has 0 aliphatic heterocycles. The van der Waals surface area contributed by atoms with Gasteiger partial charge >= 0.3 is 0 Å². The highest BCUT2D eigenvalue weighted by atomic mass is 19.1. The van der Waals surface area contributed by atoms with E-state index in [1.165, 1.54) is 6.07 Å². The third-order valence-electron chi connectivity index (χ3n) is 2.92. The topological polar surface area (TPSA) is 34.4 Å². The second-order valence-corrected chi connectivity index (χ2v) is 4.30. The highest BCUT2D eigenvalue weighted by Gasteiger charge is 2.10. The summed E-state index contributed by atoms with van der Waals surface area (Å²) in [4.78, 5) is 0. The molecule has 2 aromatic rings. The van der Waals surface area contributed by atoms with Crippen LogP contribution >= 0.6 is 0 Å². The molecule has 1 N–H and O–H groups in total. The van der Waals surface area contributed by atoms with Crippen LogP contribution in [0.2, 0.25) is 0 Å². The van der Waals surface area contributed by atoms with Crippen molar-refractivity contribution in [3.05, 3.63) is 53.7 Å². The summed E-state index contributed by atoms with van der Waals surface area (Å²) in [5.74, 6) is 0.828. The monoisotopic (exact) mass is 263 g/mol. The van der Waals surface area contributed by atoms with E-state index < -0.39 is 0 Å². The Hall–Kier alpha value is -1.81. The third-order valence-corrected chi connectivity index (χ3v) is 2.92. The van der Waals surface area contributed by atoms with Gasteiger partial charge in [-0.15, -0.1) is 0 Å². The number of ether oxygens (including phenoxy) is 1. The minimum Gasteiger partial charge on any atom is -0.491 e. The van der Waals surface area contributed by atoms with E-state index in [0.29, 0.717) is 18.9 Å². The molecule has 4 heteroatoms.